The van der Waals surface area contributed by atoms with Gasteiger partial charge in [0.1, 0.15) is 23.8 Å². The predicted molar refractivity (Wildman–Crippen MR) is 134 cm³/mol. The SMILES string of the molecule is COc1ccc(S(=O)(=O)N(CC(=O)N/N=C/c2ccc(OC)cc2OC)c2ccc(C)cc2)cc1. The third-order valence-electron chi connectivity index (χ3n) is 5.09. The summed E-state index contributed by atoms with van der Waals surface area (Å²) in [5.41, 5.74) is 4.29. The van der Waals surface area contributed by atoms with Gasteiger partial charge in [-0.2, -0.15) is 5.10 Å². The van der Waals surface area contributed by atoms with Crippen molar-refractivity contribution in [1.82, 2.24) is 5.43 Å². The Kier molecular flexibility index (Phi) is 8.32. The quantitative estimate of drug-likeness (QED) is 0.340. The number of hydrogen-bond acceptors (Lipinski definition) is 7. The van der Waals surface area contributed by atoms with E-state index < -0.39 is 22.5 Å². The van der Waals surface area contributed by atoms with E-state index in [1.165, 1.54) is 32.6 Å². The molecule has 9 nitrogen and oxygen atoms in total. The zero-order valence-corrected chi connectivity index (χ0v) is 20.7. The fourth-order valence-electron chi connectivity index (χ4n) is 3.17. The molecular weight excluding hydrogens is 470 g/mol. The molecule has 1 amide bonds. The minimum Gasteiger partial charge on any atom is -0.497 e. The van der Waals surface area contributed by atoms with Crippen LogP contribution in [0.2, 0.25) is 0 Å². The number of ether oxygens (including phenoxy) is 3. The lowest BCUT2D eigenvalue weighted by Gasteiger charge is -2.24. The highest BCUT2D eigenvalue weighted by atomic mass is 32.2. The molecule has 184 valence electrons. The molecule has 0 aromatic heterocycles. The molecule has 0 radical (unpaired) electrons. The average Bonchev–Trinajstić information content (AvgIpc) is 2.88. The van der Waals surface area contributed by atoms with Gasteiger partial charge in [0.2, 0.25) is 0 Å². The molecule has 0 aliphatic heterocycles. The Hall–Kier alpha value is -4.05. The van der Waals surface area contributed by atoms with Crippen LogP contribution in [0, 0.1) is 6.92 Å². The highest BCUT2D eigenvalue weighted by Gasteiger charge is 2.27. The van der Waals surface area contributed by atoms with Crippen LogP contribution >= 0.6 is 0 Å². The van der Waals surface area contributed by atoms with E-state index in [9.17, 15) is 13.2 Å². The van der Waals surface area contributed by atoms with Crippen LogP contribution in [0.15, 0.2) is 76.7 Å². The number of sulfonamides is 1. The molecule has 10 heteroatoms. The van der Waals surface area contributed by atoms with Gasteiger partial charge in [-0.15, -0.1) is 0 Å². The van der Waals surface area contributed by atoms with E-state index in [2.05, 4.69) is 10.5 Å². The Balaban J connectivity index is 1.83. The van der Waals surface area contributed by atoms with Crippen LogP contribution < -0.4 is 23.9 Å². The van der Waals surface area contributed by atoms with Gasteiger partial charge in [-0.3, -0.25) is 9.10 Å². The van der Waals surface area contributed by atoms with Crippen LogP contribution in [0.25, 0.3) is 0 Å². The lowest BCUT2D eigenvalue weighted by Crippen LogP contribution is -2.39. The Bertz CT molecular complexity index is 1290. The van der Waals surface area contributed by atoms with Gasteiger partial charge in [-0.1, -0.05) is 17.7 Å². The molecule has 0 atom stereocenters. The van der Waals surface area contributed by atoms with Crippen LogP contribution in [0.4, 0.5) is 5.69 Å². The minimum absolute atomic E-state index is 0.0261. The van der Waals surface area contributed by atoms with Gasteiger partial charge in [0.25, 0.3) is 15.9 Å². The monoisotopic (exact) mass is 497 g/mol. The third kappa shape index (κ3) is 6.30. The summed E-state index contributed by atoms with van der Waals surface area (Å²) in [5, 5.41) is 3.96. The van der Waals surface area contributed by atoms with Crippen LogP contribution in [-0.4, -0.2) is 48.4 Å². The molecule has 3 rings (SSSR count). The second-order valence-electron chi connectivity index (χ2n) is 7.42. The second kappa shape index (κ2) is 11.4. The van der Waals surface area contributed by atoms with Crippen molar-refractivity contribution >= 4 is 27.8 Å². The van der Waals surface area contributed by atoms with Crippen molar-refractivity contribution in [3.8, 4) is 17.2 Å². The first-order valence-electron chi connectivity index (χ1n) is 10.6. The smallest absolute Gasteiger partial charge is 0.264 e. The summed E-state index contributed by atoms with van der Waals surface area (Å²) < 4.78 is 43.5. The van der Waals surface area contributed by atoms with Crippen molar-refractivity contribution in [2.75, 3.05) is 32.2 Å². The fraction of sp³-hybridized carbons (Fsp3) is 0.200. The van der Waals surface area contributed by atoms with E-state index >= 15 is 0 Å². The normalized spacial score (nSPS) is 11.2. The number of methoxy groups -OCH3 is 3. The van der Waals surface area contributed by atoms with Crippen LogP contribution in [0.5, 0.6) is 17.2 Å². The molecule has 0 bridgehead atoms. The lowest BCUT2D eigenvalue weighted by atomic mass is 10.2. The maximum Gasteiger partial charge on any atom is 0.264 e. The van der Waals surface area contributed by atoms with Crippen molar-refractivity contribution in [2.24, 2.45) is 5.10 Å². The molecule has 1 N–H and O–H groups in total. The Labute approximate surface area is 205 Å². The highest BCUT2D eigenvalue weighted by molar-refractivity contribution is 7.92. The number of nitrogens with zero attached hydrogens (tertiary/aromatic N) is 2. The molecule has 0 aliphatic rings. The number of nitrogens with one attached hydrogen (secondary N) is 1. The summed E-state index contributed by atoms with van der Waals surface area (Å²) in [4.78, 5) is 12.7. The van der Waals surface area contributed by atoms with Crippen molar-refractivity contribution in [3.05, 3.63) is 77.9 Å². The zero-order valence-electron chi connectivity index (χ0n) is 19.9. The van der Waals surface area contributed by atoms with Crippen LogP contribution in [0.1, 0.15) is 11.1 Å². The van der Waals surface area contributed by atoms with Crippen molar-refractivity contribution < 1.29 is 27.4 Å². The average molecular weight is 498 g/mol. The van der Waals surface area contributed by atoms with E-state index in [-0.39, 0.29) is 4.90 Å². The maximum atomic E-state index is 13.4. The highest BCUT2D eigenvalue weighted by Crippen LogP contribution is 2.26. The summed E-state index contributed by atoms with van der Waals surface area (Å²) in [6.07, 6.45) is 1.41. The Morgan fingerprint density at radius 1 is 0.914 bits per heavy atom. The molecular formula is C25H27N3O6S. The van der Waals surface area contributed by atoms with E-state index in [0.717, 1.165) is 9.87 Å². The summed E-state index contributed by atoms with van der Waals surface area (Å²) in [5.74, 6) is 1.02. The van der Waals surface area contributed by atoms with Gasteiger partial charge in [0, 0.05) is 11.6 Å². The van der Waals surface area contributed by atoms with Crippen molar-refractivity contribution in [1.29, 1.82) is 0 Å². The van der Waals surface area contributed by atoms with Crippen molar-refractivity contribution in [2.45, 2.75) is 11.8 Å². The molecule has 35 heavy (non-hydrogen) atoms. The fourth-order valence-corrected chi connectivity index (χ4v) is 4.59. The lowest BCUT2D eigenvalue weighted by molar-refractivity contribution is -0.119. The summed E-state index contributed by atoms with van der Waals surface area (Å²) in [7, 11) is 0.495. The summed E-state index contributed by atoms with van der Waals surface area (Å²) in [6.45, 7) is 1.41. The van der Waals surface area contributed by atoms with Crippen LogP contribution in [0.3, 0.4) is 0 Å². The Morgan fingerprint density at radius 3 is 2.14 bits per heavy atom. The largest absolute Gasteiger partial charge is 0.497 e. The number of hydrazone groups is 1. The first-order chi connectivity index (χ1) is 16.8. The second-order valence-corrected chi connectivity index (χ2v) is 9.29. The number of amides is 1. The van der Waals surface area contributed by atoms with Gasteiger partial charge in [-0.05, 0) is 55.5 Å². The van der Waals surface area contributed by atoms with E-state index in [4.69, 9.17) is 14.2 Å². The third-order valence-corrected chi connectivity index (χ3v) is 6.88. The van der Waals surface area contributed by atoms with Gasteiger partial charge in [0.05, 0.1) is 38.1 Å². The van der Waals surface area contributed by atoms with E-state index in [0.29, 0.717) is 28.5 Å². The molecule has 0 heterocycles. The van der Waals surface area contributed by atoms with Gasteiger partial charge in [0.15, 0.2) is 0 Å². The van der Waals surface area contributed by atoms with Gasteiger partial charge in [-0.25, -0.2) is 13.8 Å². The molecule has 0 spiro atoms. The first kappa shape index (κ1) is 25.6. The number of aryl methyl sites for hydroxylation is 1. The number of rotatable bonds is 10. The Morgan fingerprint density at radius 2 is 1.54 bits per heavy atom. The standard InChI is InChI=1S/C25H27N3O6S/c1-18-5-8-20(9-6-18)28(35(30,31)23-13-11-21(32-2)12-14-23)17-25(29)27-26-16-19-7-10-22(33-3)15-24(19)34-4/h5-16H,17H2,1-4H3,(H,27,29)/b26-16+. The minimum atomic E-state index is -4.05. The number of benzene rings is 3. The van der Waals surface area contributed by atoms with E-state index in [1.807, 2.05) is 6.92 Å². The molecule has 0 saturated heterocycles. The van der Waals surface area contributed by atoms with Crippen LogP contribution in [-0.2, 0) is 14.8 Å². The molecule has 0 fully saturated rings. The maximum absolute atomic E-state index is 13.4. The van der Waals surface area contributed by atoms with Gasteiger partial charge < -0.3 is 14.2 Å². The number of carbonyl (C=O) groups excluding carboxylic acids is 1. The molecule has 0 saturated carbocycles. The topological polar surface area (TPSA) is 107 Å². The summed E-state index contributed by atoms with van der Waals surface area (Å²) >= 11 is 0. The van der Waals surface area contributed by atoms with Gasteiger partial charge >= 0.3 is 0 Å². The first-order valence-corrected chi connectivity index (χ1v) is 12.0. The van der Waals surface area contributed by atoms with E-state index in [1.54, 1.807) is 61.7 Å². The van der Waals surface area contributed by atoms with Crippen molar-refractivity contribution in [3.63, 3.8) is 0 Å². The molecule has 3 aromatic carbocycles. The predicted octanol–water partition coefficient (Wildman–Crippen LogP) is 3.37. The molecule has 0 unspecified atom stereocenters. The zero-order chi connectivity index (χ0) is 25.4. The number of anilines is 1. The number of hydrogen-bond donors (Lipinski definition) is 1. The molecule has 0 aliphatic carbocycles. The molecule has 3 aromatic rings. The summed E-state index contributed by atoms with van der Waals surface area (Å²) in [6, 6.07) is 17.9. The number of carbonyl (C=O) groups is 1.